The molecule has 0 radical (unpaired) electrons. The highest BCUT2D eigenvalue weighted by Crippen LogP contribution is 2.22. The van der Waals surface area contributed by atoms with E-state index in [4.69, 9.17) is 4.74 Å². The molecule has 6 nitrogen and oxygen atoms in total. The van der Waals surface area contributed by atoms with Crippen molar-refractivity contribution in [3.8, 4) is 0 Å². The standard InChI is InChI=1S/C20H18N2O4S/c1-11-19(13(3)23)12(2)21-20(11)15(24)10-26-18(25)9-8-17-22-14-6-4-5-7-16(14)27-17/h4-9,21H,10H2,1-3H3/b9-8+. The maximum atomic E-state index is 12.3. The molecule has 1 aromatic carbocycles. The third kappa shape index (κ3) is 4.03. The van der Waals surface area contributed by atoms with Crippen LogP contribution in [0.3, 0.4) is 0 Å². The molecule has 0 fully saturated rings. The van der Waals surface area contributed by atoms with Crippen molar-refractivity contribution in [3.63, 3.8) is 0 Å². The number of aromatic nitrogens is 2. The largest absolute Gasteiger partial charge is 0.454 e. The van der Waals surface area contributed by atoms with E-state index in [1.807, 2.05) is 24.3 Å². The summed E-state index contributed by atoms with van der Waals surface area (Å²) in [5.74, 6) is -1.13. The number of aryl methyl sites for hydroxylation is 1. The number of Topliss-reactive ketones (excluding diaryl/α,β-unsaturated/α-hetero) is 2. The molecule has 0 atom stereocenters. The maximum Gasteiger partial charge on any atom is 0.331 e. The zero-order chi connectivity index (χ0) is 19.6. The number of ether oxygens (including phenoxy) is 1. The van der Waals surface area contributed by atoms with Gasteiger partial charge in [-0.2, -0.15) is 0 Å². The van der Waals surface area contributed by atoms with Crippen molar-refractivity contribution in [1.29, 1.82) is 0 Å². The fourth-order valence-electron chi connectivity index (χ4n) is 2.91. The average Bonchev–Trinajstić information content (AvgIpc) is 3.17. The molecule has 0 aliphatic carbocycles. The Hall–Kier alpha value is -3.06. The van der Waals surface area contributed by atoms with Crippen LogP contribution in [-0.4, -0.2) is 34.1 Å². The number of rotatable bonds is 6. The summed E-state index contributed by atoms with van der Waals surface area (Å²) in [5, 5.41) is 0.682. The van der Waals surface area contributed by atoms with E-state index in [-0.39, 0.29) is 11.6 Å². The van der Waals surface area contributed by atoms with Crippen LogP contribution in [0, 0.1) is 13.8 Å². The maximum absolute atomic E-state index is 12.3. The van der Waals surface area contributed by atoms with Crippen molar-refractivity contribution in [2.75, 3.05) is 6.61 Å². The fraction of sp³-hybridized carbons (Fsp3) is 0.200. The highest BCUT2D eigenvalue weighted by molar-refractivity contribution is 7.19. The van der Waals surface area contributed by atoms with E-state index in [2.05, 4.69) is 9.97 Å². The van der Waals surface area contributed by atoms with Gasteiger partial charge in [-0.25, -0.2) is 9.78 Å². The lowest BCUT2D eigenvalue weighted by Crippen LogP contribution is -2.14. The summed E-state index contributed by atoms with van der Waals surface area (Å²) in [6.45, 7) is 4.47. The summed E-state index contributed by atoms with van der Waals surface area (Å²) in [6.07, 6.45) is 2.81. The predicted octanol–water partition coefficient (Wildman–Crippen LogP) is 3.88. The van der Waals surface area contributed by atoms with Gasteiger partial charge in [0, 0.05) is 17.3 Å². The van der Waals surface area contributed by atoms with Crippen molar-refractivity contribution >= 4 is 45.2 Å². The molecule has 27 heavy (non-hydrogen) atoms. The Labute approximate surface area is 159 Å². The number of aromatic amines is 1. The second-order valence-electron chi connectivity index (χ2n) is 6.07. The summed E-state index contributed by atoms with van der Waals surface area (Å²) < 4.78 is 6.04. The van der Waals surface area contributed by atoms with Gasteiger partial charge >= 0.3 is 5.97 Å². The topological polar surface area (TPSA) is 89.1 Å². The van der Waals surface area contributed by atoms with Crippen molar-refractivity contribution < 1.29 is 19.1 Å². The lowest BCUT2D eigenvalue weighted by atomic mass is 10.1. The molecule has 1 N–H and O–H groups in total. The summed E-state index contributed by atoms with van der Waals surface area (Å²) in [6, 6.07) is 7.68. The van der Waals surface area contributed by atoms with Crippen LogP contribution < -0.4 is 0 Å². The highest BCUT2D eigenvalue weighted by atomic mass is 32.1. The van der Waals surface area contributed by atoms with Gasteiger partial charge in [0.2, 0.25) is 5.78 Å². The Morgan fingerprint density at radius 2 is 1.96 bits per heavy atom. The van der Waals surface area contributed by atoms with Crippen molar-refractivity contribution in [2.45, 2.75) is 20.8 Å². The summed E-state index contributed by atoms with van der Waals surface area (Å²) >= 11 is 1.46. The molecule has 0 saturated carbocycles. The van der Waals surface area contributed by atoms with Crippen LogP contribution in [0.4, 0.5) is 0 Å². The number of para-hydroxylation sites is 1. The molecule has 0 unspecified atom stereocenters. The van der Waals surface area contributed by atoms with Gasteiger partial charge in [-0.3, -0.25) is 9.59 Å². The molecule has 0 aliphatic heterocycles. The van der Waals surface area contributed by atoms with E-state index in [1.165, 1.54) is 24.3 Å². The number of nitrogens with zero attached hydrogens (tertiary/aromatic N) is 1. The number of H-pyrrole nitrogens is 1. The second-order valence-corrected chi connectivity index (χ2v) is 7.13. The minimum atomic E-state index is -0.629. The minimum Gasteiger partial charge on any atom is -0.454 e. The van der Waals surface area contributed by atoms with Crippen LogP contribution in [0.5, 0.6) is 0 Å². The number of benzene rings is 1. The number of nitrogens with one attached hydrogen (secondary N) is 1. The first-order valence-corrected chi connectivity index (χ1v) is 9.12. The first-order chi connectivity index (χ1) is 12.9. The SMILES string of the molecule is CC(=O)c1c(C)[nH]c(C(=O)COC(=O)/C=C/c2nc3ccccc3s2)c1C. The number of carbonyl (C=O) groups is 3. The molecule has 3 aromatic rings. The molecule has 2 heterocycles. The Morgan fingerprint density at radius 1 is 1.22 bits per heavy atom. The van der Waals surface area contributed by atoms with E-state index in [0.29, 0.717) is 27.5 Å². The quantitative estimate of drug-likeness (QED) is 0.397. The molecular weight excluding hydrogens is 364 g/mol. The number of hydrogen-bond acceptors (Lipinski definition) is 6. The normalized spacial score (nSPS) is 11.2. The first-order valence-electron chi connectivity index (χ1n) is 8.30. The van der Waals surface area contributed by atoms with Gasteiger partial charge in [0.05, 0.1) is 15.9 Å². The van der Waals surface area contributed by atoms with E-state index in [9.17, 15) is 14.4 Å². The zero-order valence-electron chi connectivity index (χ0n) is 15.2. The van der Waals surface area contributed by atoms with Gasteiger partial charge < -0.3 is 9.72 Å². The second kappa shape index (κ2) is 7.67. The fourth-order valence-corrected chi connectivity index (χ4v) is 3.78. The number of esters is 1. The van der Waals surface area contributed by atoms with E-state index in [1.54, 1.807) is 19.9 Å². The van der Waals surface area contributed by atoms with Gasteiger partial charge in [-0.1, -0.05) is 12.1 Å². The summed E-state index contributed by atoms with van der Waals surface area (Å²) in [5.41, 5.74) is 2.86. The Morgan fingerprint density at radius 3 is 2.63 bits per heavy atom. The van der Waals surface area contributed by atoms with Crippen LogP contribution in [0.15, 0.2) is 30.3 Å². The van der Waals surface area contributed by atoms with Gasteiger partial charge in [0.25, 0.3) is 0 Å². The van der Waals surface area contributed by atoms with Crippen LogP contribution in [-0.2, 0) is 9.53 Å². The number of fused-ring (bicyclic) bond motifs is 1. The number of ketones is 2. The van der Waals surface area contributed by atoms with Gasteiger partial charge in [-0.15, -0.1) is 11.3 Å². The number of thiazole rings is 1. The third-order valence-corrected chi connectivity index (χ3v) is 5.09. The molecule has 138 valence electrons. The molecular formula is C20H18N2O4S. The van der Waals surface area contributed by atoms with Crippen LogP contribution in [0.25, 0.3) is 16.3 Å². The minimum absolute atomic E-state index is 0.115. The zero-order valence-corrected chi connectivity index (χ0v) is 16.0. The smallest absolute Gasteiger partial charge is 0.331 e. The predicted molar refractivity (Wildman–Crippen MR) is 104 cm³/mol. The molecule has 0 aliphatic rings. The van der Waals surface area contributed by atoms with Gasteiger partial charge in [0.15, 0.2) is 12.4 Å². The summed E-state index contributed by atoms with van der Waals surface area (Å²) in [4.78, 5) is 43.1. The van der Waals surface area contributed by atoms with E-state index in [0.717, 1.165) is 10.2 Å². The van der Waals surface area contributed by atoms with Crippen molar-refractivity contribution in [3.05, 3.63) is 57.9 Å². The Balaban J connectivity index is 1.62. The Kier molecular flexibility index (Phi) is 5.32. The first kappa shape index (κ1) is 18.7. The molecule has 3 rings (SSSR count). The average molecular weight is 382 g/mol. The molecule has 7 heteroatoms. The number of hydrogen-bond donors (Lipinski definition) is 1. The van der Waals surface area contributed by atoms with Crippen molar-refractivity contribution in [1.82, 2.24) is 9.97 Å². The van der Waals surface area contributed by atoms with E-state index < -0.39 is 12.6 Å². The molecule has 0 bridgehead atoms. The van der Waals surface area contributed by atoms with Crippen LogP contribution in [0.1, 0.15) is 44.0 Å². The lowest BCUT2D eigenvalue weighted by Gasteiger charge is -2.01. The molecule has 2 aromatic heterocycles. The Bertz CT molecular complexity index is 1040. The summed E-state index contributed by atoms with van der Waals surface area (Å²) in [7, 11) is 0. The molecule has 0 amide bonds. The van der Waals surface area contributed by atoms with Crippen LogP contribution in [0.2, 0.25) is 0 Å². The number of carbonyl (C=O) groups excluding carboxylic acids is 3. The van der Waals surface area contributed by atoms with Gasteiger partial charge in [0.1, 0.15) is 5.01 Å². The highest BCUT2D eigenvalue weighted by Gasteiger charge is 2.20. The monoisotopic (exact) mass is 382 g/mol. The third-order valence-electron chi connectivity index (χ3n) is 4.09. The lowest BCUT2D eigenvalue weighted by molar-refractivity contribution is -0.136. The molecule has 0 saturated heterocycles. The molecule has 0 spiro atoms. The van der Waals surface area contributed by atoms with Gasteiger partial charge in [-0.05, 0) is 44.5 Å². The van der Waals surface area contributed by atoms with Crippen molar-refractivity contribution in [2.24, 2.45) is 0 Å². The van der Waals surface area contributed by atoms with E-state index >= 15 is 0 Å². The van der Waals surface area contributed by atoms with Crippen LogP contribution >= 0.6 is 11.3 Å².